The van der Waals surface area contributed by atoms with Gasteiger partial charge in [-0.1, -0.05) is 0 Å². The third-order valence-corrected chi connectivity index (χ3v) is 3.95. The molecule has 7 heteroatoms. The smallest absolute Gasteiger partial charge is 0.287 e. The molecule has 1 unspecified atom stereocenters. The van der Waals surface area contributed by atoms with Crippen molar-refractivity contribution in [3.8, 4) is 0 Å². The molecule has 0 amide bonds. The summed E-state index contributed by atoms with van der Waals surface area (Å²) in [6, 6.07) is 4.38. The van der Waals surface area contributed by atoms with Gasteiger partial charge >= 0.3 is 0 Å². The first-order valence-corrected chi connectivity index (χ1v) is 7.28. The lowest BCUT2D eigenvalue weighted by molar-refractivity contribution is -0.385. The third kappa shape index (κ3) is 3.28. The molecular weight excluding hydrogens is 304 g/mol. The molecule has 2 aromatic rings. The van der Waals surface area contributed by atoms with Gasteiger partial charge in [-0.05, 0) is 49.4 Å². The molecule has 120 valence electrons. The molecule has 1 aliphatic rings. The van der Waals surface area contributed by atoms with Crippen LogP contribution in [-0.2, 0) is 0 Å². The van der Waals surface area contributed by atoms with Crippen molar-refractivity contribution in [2.75, 3.05) is 5.32 Å². The molecule has 1 aromatic heterocycles. The first-order chi connectivity index (χ1) is 11.0. The fourth-order valence-electron chi connectivity index (χ4n) is 2.59. The second-order valence-corrected chi connectivity index (χ2v) is 5.74. The van der Waals surface area contributed by atoms with Gasteiger partial charge in [-0.2, -0.15) is 0 Å². The second kappa shape index (κ2) is 5.91. The van der Waals surface area contributed by atoms with E-state index in [0.717, 1.165) is 31.2 Å². The van der Waals surface area contributed by atoms with Gasteiger partial charge in [0, 0.05) is 11.6 Å². The minimum Gasteiger partial charge on any atom is -0.363 e. The van der Waals surface area contributed by atoms with Crippen LogP contribution in [0.2, 0.25) is 0 Å². The van der Waals surface area contributed by atoms with Crippen molar-refractivity contribution in [1.29, 1.82) is 0 Å². The van der Waals surface area contributed by atoms with E-state index in [4.69, 9.17) is 0 Å². The Kier molecular flexibility index (Phi) is 3.94. The Balaban J connectivity index is 1.92. The quantitative estimate of drug-likeness (QED) is 0.664. The summed E-state index contributed by atoms with van der Waals surface area (Å²) in [6.07, 6.45) is 2.99. The summed E-state index contributed by atoms with van der Waals surface area (Å²) in [6.45, 7) is 1.69. The average molecular weight is 319 g/mol. The van der Waals surface area contributed by atoms with Crippen molar-refractivity contribution in [3.05, 3.63) is 63.3 Å². The van der Waals surface area contributed by atoms with Gasteiger partial charge in [0.2, 0.25) is 0 Å². The summed E-state index contributed by atoms with van der Waals surface area (Å²) in [7, 11) is 0. The Bertz CT molecular complexity index is 763. The number of rotatable bonds is 5. The number of aryl methyl sites for hydroxylation is 1. The van der Waals surface area contributed by atoms with E-state index < -0.39 is 22.6 Å². The lowest BCUT2D eigenvalue weighted by Gasteiger charge is -2.21. The highest BCUT2D eigenvalue weighted by atomic mass is 19.1. The van der Waals surface area contributed by atoms with Crippen molar-refractivity contribution in [2.45, 2.75) is 25.8 Å². The number of pyridine rings is 1. The first kappa shape index (κ1) is 15.3. The lowest BCUT2D eigenvalue weighted by Crippen LogP contribution is -2.16. The molecule has 0 spiro atoms. The Labute approximate surface area is 131 Å². The van der Waals surface area contributed by atoms with Crippen molar-refractivity contribution >= 4 is 11.5 Å². The van der Waals surface area contributed by atoms with Crippen LogP contribution in [0.5, 0.6) is 0 Å². The normalized spacial score (nSPS) is 15.3. The van der Waals surface area contributed by atoms with Crippen molar-refractivity contribution < 1.29 is 13.7 Å². The minimum atomic E-state index is -0.519. The molecule has 23 heavy (non-hydrogen) atoms. The maximum atomic E-state index is 14.1. The molecule has 1 aliphatic carbocycles. The molecule has 0 aliphatic heterocycles. The molecule has 1 fully saturated rings. The monoisotopic (exact) mass is 319 g/mol. The summed E-state index contributed by atoms with van der Waals surface area (Å²) in [5.74, 6) is -0.337. The Morgan fingerprint density at radius 1 is 1.35 bits per heavy atom. The van der Waals surface area contributed by atoms with Crippen LogP contribution in [-0.4, -0.2) is 9.91 Å². The van der Waals surface area contributed by atoms with E-state index in [9.17, 15) is 18.9 Å². The number of nitrogens with zero attached hydrogens (tertiary/aromatic N) is 2. The van der Waals surface area contributed by atoms with Crippen LogP contribution in [0.15, 0.2) is 30.5 Å². The predicted octanol–water partition coefficient (Wildman–Crippen LogP) is 4.14. The summed E-state index contributed by atoms with van der Waals surface area (Å²) < 4.78 is 27.5. The molecule has 1 heterocycles. The van der Waals surface area contributed by atoms with E-state index in [-0.39, 0.29) is 17.2 Å². The summed E-state index contributed by atoms with van der Waals surface area (Å²) in [4.78, 5) is 14.3. The van der Waals surface area contributed by atoms with Crippen LogP contribution in [0.25, 0.3) is 0 Å². The van der Waals surface area contributed by atoms with Gasteiger partial charge in [-0.3, -0.25) is 10.1 Å². The minimum absolute atomic E-state index is 0.104. The van der Waals surface area contributed by atoms with Gasteiger partial charge < -0.3 is 5.32 Å². The van der Waals surface area contributed by atoms with Gasteiger partial charge in [0.1, 0.15) is 23.6 Å². The molecule has 0 bridgehead atoms. The third-order valence-electron chi connectivity index (χ3n) is 3.95. The summed E-state index contributed by atoms with van der Waals surface area (Å²) in [5.41, 5.74) is 0.738. The number of halogens is 2. The predicted molar refractivity (Wildman–Crippen MR) is 81.1 cm³/mol. The number of nitro groups is 1. The highest BCUT2D eigenvalue weighted by Crippen LogP contribution is 2.43. The standard InChI is InChI=1S/C16H15F2N3O2/c1-9-6-12(21(22)23)8-19-16(9)20-15(10-2-3-10)13-7-11(17)4-5-14(13)18/h4-8,10,15H,2-3H2,1H3,(H,19,20). The molecule has 1 aromatic carbocycles. The van der Waals surface area contributed by atoms with Gasteiger partial charge in [0.25, 0.3) is 5.69 Å². The van der Waals surface area contributed by atoms with E-state index in [2.05, 4.69) is 10.3 Å². The fraction of sp³-hybridized carbons (Fsp3) is 0.312. The maximum absolute atomic E-state index is 14.1. The molecule has 0 radical (unpaired) electrons. The number of benzene rings is 1. The van der Waals surface area contributed by atoms with Crippen LogP contribution in [0.1, 0.15) is 30.0 Å². The molecule has 5 nitrogen and oxygen atoms in total. The lowest BCUT2D eigenvalue weighted by atomic mass is 10.0. The van der Waals surface area contributed by atoms with E-state index in [1.54, 1.807) is 6.92 Å². The average Bonchev–Trinajstić information content (AvgIpc) is 3.33. The Morgan fingerprint density at radius 2 is 2.09 bits per heavy atom. The summed E-state index contributed by atoms with van der Waals surface area (Å²) in [5, 5.41) is 13.9. The summed E-state index contributed by atoms with van der Waals surface area (Å²) >= 11 is 0. The van der Waals surface area contributed by atoms with Crippen LogP contribution in [0.3, 0.4) is 0 Å². The highest BCUT2D eigenvalue weighted by Gasteiger charge is 2.34. The van der Waals surface area contributed by atoms with Gasteiger partial charge in [-0.15, -0.1) is 0 Å². The zero-order valence-electron chi connectivity index (χ0n) is 12.4. The molecular formula is C16H15F2N3O2. The van der Waals surface area contributed by atoms with E-state index in [0.29, 0.717) is 11.4 Å². The second-order valence-electron chi connectivity index (χ2n) is 5.74. The largest absolute Gasteiger partial charge is 0.363 e. The fourth-order valence-corrected chi connectivity index (χ4v) is 2.59. The topological polar surface area (TPSA) is 68.1 Å². The van der Waals surface area contributed by atoms with E-state index >= 15 is 0 Å². The SMILES string of the molecule is Cc1cc([N+](=O)[O-])cnc1NC(c1cc(F)ccc1F)C1CC1. The van der Waals surface area contributed by atoms with Crippen LogP contribution in [0, 0.1) is 34.6 Å². The first-order valence-electron chi connectivity index (χ1n) is 7.28. The number of hydrogen-bond acceptors (Lipinski definition) is 4. The number of nitrogens with one attached hydrogen (secondary N) is 1. The van der Waals surface area contributed by atoms with Gasteiger partial charge in [0.15, 0.2) is 0 Å². The van der Waals surface area contributed by atoms with Crippen molar-refractivity contribution in [3.63, 3.8) is 0 Å². The van der Waals surface area contributed by atoms with Crippen LogP contribution < -0.4 is 5.32 Å². The Hall–Kier alpha value is -2.57. The number of aromatic nitrogens is 1. The molecule has 3 rings (SSSR count). The van der Waals surface area contributed by atoms with Crippen LogP contribution >= 0.6 is 0 Å². The number of anilines is 1. The molecule has 0 saturated heterocycles. The zero-order valence-corrected chi connectivity index (χ0v) is 12.4. The van der Waals surface area contributed by atoms with Crippen molar-refractivity contribution in [2.24, 2.45) is 5.92 Å². The number of hydrogen-bond donors (Lipinski definition) is 1. The Morgan fingerprint density at radius 3 is 2.70 bits per heavy atom. The van der Waals surface area contributed by atoms with Gasteiger partial charge in [0.05, 0.1) is 11.0 Å². The van der Waals surface area contributed by atoms with E-state index in [1.165, 1.54) is 12.1 Å². The molecule has 1 N–H and O–H groups in total. The maximum Gasteiger partial charge on any atom is 0.287 e. The molecule has 1 atom stereocenters. The van der Waals surface area contributed by atoms with E-state index in [1.807, 2.05) is 0 Å². The van der Waals surface area contributed by atoms with Crippen molar-refractivity contribution in [1.82, 2.24) is 4.98 Å². The van der Waals surface area contributed by atoms with Gasteiger partial charge in [-0.25, -0.2) is 13.8 Å². The van der Waals surface area contributed by atoms with Crippen LogP contribution in [0.4, 0.5) is 20.3 Å². The zero-order chi connectivity index (χ0) is 16.6. The highest BCUT2D eigenvalue weighted by molar-refractivity contribution is 5.50. The molecule has 1 saturated carbocycles.